The molecular formula is C18H15ClN2O4. The van der Waals surface area contributed by atoms with Gasteiger partial charge < -0.3 is 14.6 Å². The highest BCUT2D eigenvalue weighted by Gasteiger charge is 2.14. The predicted molar refractivity (Wildman–Crippen MR) is 93.3 cm³/mol. The lowest BCUT2D eigenvalue weighted by Gasteiger charge is -2.09. The summed E-state index contributed by atoms with van der Waals surface area (Å²) in [7, 11) is 0. The summed E-state index contributed by atoms with van der Waals surface area (Å²) >= 11 is 6.07. The van der Waals surface area contributed by atoms with E-state index in [1.54, 1.807) is 28.9 Å². The Labute approximate surface area is 149 Å². The molecule has 25 heavy (non-hydrogen) atoms. The van der Waals surface area contributed by atoms with Gasteiger partial charge in [0, 0.05) is 16.7 Å². The highest BCUT2D eigenvalue weighted by Crippen LogP contribution is 2.30. The van der Waals surface area contributed by atoms with Gasteiger partial charge in [0.05, 0.1) is 18.0 Å². The molecule has 0 radical (unpaired) electrons. The number of nitrogens with zero attached hydrogens (tertiary/aromatic N) is 2. The molecule has 1 N–H and O–H groups in total. The third-order valence-electron chi connectivity index (χ3n) is 3.40. The third kappa shape index (κ3) is 3.99. The summed E-state index contributed by atoms with van der Waals surface area (Å²) in [6, 6.07) is 16.2. The Balaban J connectivity index is 2.07. The average molecular weight is 359 g/mol. The van der Waals surface area contributed by atoms with E-state index in [1.807, 2.05) is 30.3 Å². The van der Waals surface area contributed by atoms with Crippen molar-refractivity contribution in [3.63, 3.8) is 0 Å². The molecule has 0 saturated heterocycles. The fourth-order valence-electron chi connectivity index (χ4n) is 2.39. The van der Waals surface area contributed by atoms with Crippen LogP contribution in [-0.4, -0.2) is 34.6 Å². The summed E-state index contributed by atoms with van der Waals surface area (Å²) in [4.78, 5) is 10.7. The van der Waals surface area contributed by atoms with E-state index in [4.69, 9.17) is 26.2 Å². The van der Waals surface area contributed by atoms with Crippen molar-refractivity contribution in [3.05, 3.63) is 59.6 Å². The van der Waals surface area contributed by atoms with E-state index >= 15 is 0 Å². The van der Waals surface area contributed by atoms with Crippen molar-refractivity contribution in [3.8, 4) is 28.6 Å². The van der Waals surface area contributed by atoms with Crippen LogP contribution in [0.15, 0.2) is 54.6 Å². The van der Waals surface area contributed by atoms with Crippen LogP contribution in [-0.2, 0) is 4.79 Å². The van der Waals surface area contributed by atoms with Crippen molar-refractivity contribution in [1.82, 2.24) is 9.78 Å². The first-order chi connectivity index (χ1) is 12.2. The molecule has 3 aromatic rings. The van der Waals surface area contributed by atoms with Crippen LogP contribution in [0.25, 0.3) is 16.9 Å². The lowest BCUT2D eigenvalue weighted by molar-refractivity contribution is -0.120. The zero-order chi connectivity index (χ0) is 17.6. The van der Waals surface area contributed by atoms with Gasteiger partial charge in [0.2, 0.25) is 5.88 Å². The number of rotatable bonds is 7. The fraction of sp³-hybridized carbons (Fsp3) is 0.111. The number of aromatic nitrogens is 2. The number of aliphatic hydroxyl groups excluding tert-OH is 1. The summed E-state index contributed by atoms with van der Waals surface area (Å²) < 4.78 is 12.0. The zero-order valence-corrected chi connectivity index (χ0v) is 13.9. The number of hydrogen-bond acceptors (Lipinski definition) is 5. The van der Waals surface area contributed by atoms with Crippen LogP contribution in [0.2, 0.25) is 5.02 Å². The van der Waals surface area contributed by atoms with E-state index in [0.717, 1.165) is 11.3 Å². The molecule has 0 fully saturated rings. The summed E-state index contributed by atoms with van der Waals surface area (Å²) in [6.07, 6.45) is 0. The average Bonchev–Trinajstić information content (AvgIpc) is 3.05. The maximum atomic E-state index is 10.7. The predicted octanol–water partition coefficient (Wildman–Crippen LogP) is 3.10. The summed E-state index contributed by atoms with van der Waals surface area (Å²) in [5.74, 6) is 0.787. The van der Waals surface area contributed by atoms with Gasteiger partial charge in [0.15, 0.2) is 0 Å². The van der Waals surface area contributed by atoms with Crippen LogP contribution in [0, 0.1) is 0 Å². The lowest BCUT2D eigenvalue weighted by Crippen LogP contribution is -2.02. The van der Waals surface area contributed by atoms with Crippen LogP contribution >= 0.6 is 11.6 Å². The Hall–Kier alpha value is -2.83. The Morgan fingerprint density at radius 2 is 2.00 bits per heavy atom. The molecular weight excluding hydrogens is 344 g/mol. The molecule has 128 valence electrons. The van der Waals surface area contributed by atoms with Crippen LogP contribution in [0.4, 0.5) is 0 Å². The molecule has 1 aromatic heterocycles. The van der Waals surface area contributed by atoms with Crippen molar-refractivity contribution in [2.75, 3.05) is 13.2 Å². The molecule has 0 aliphatic rings. The summed E-state index contributed by atoms with van der Waals surface area (Å²) in [5, 5.41) is 13.8. The number of carbonyl (C=O) groups is 1. The Kier molecular flexibility index (Phi) is 5.33. The normalized spacial score (nSPS) is 10.5. The van der Waals surface area contributed by atoms with Crippen LogP contribution in [0.3, 0.4) is 0 Å². The molecule has 0 unspecified atom stereocenters. The van der Waals surface area contributed by atoms with Crippen LogP contribution < -0.4 is 9.47 Å². The van der Waals surface area contributed by atoms with Gasteiger partial charge in [-0.05, 0) is 30.3 Å². The van der Waals surface area contributed by atoms with Crippen molar-refractivity contribution in [2.24, 2.45) is 0 Å². The SMILES string of the molecule is O=COc1cc(-c2cccc(OCCO)c2)n(-c2cccc(Cl)c2)n1. The molecule has 0 atom stereocenters. The Bertz CT molecular complexity index is 879. The molecule has 0 aliphatic heterocycles. The minimum atomic E-state index is -0.0675. The number of hydrogen-bond donors (Lipinski definition) is 1. The molecule has 0 bridgehead atoms. The molecule has 6 nitrogen and oxygen atoms in total. The molecule has 3 rings (SSSR count). The molecule has 1 heterocycles. The van der Waals surface area contributed by atoms with E-state index in [9.17, 15) is 4.79 Å². The number of ether oxygens (including phenoxy) is 2. The van der Waals surface area contributed by atoms with E-state index in [2.05, 4.69) is 5.10 Å². The van der Waals surface area contributed by atoms with Gasteiger partial charge in [0.1, 0.15) is 12.4 Å². The summed E-state index contributed by atoms with van der Waals surface area (Å²) in [6.45, 7) is 0.466. The van der Waals surface area contributed by atoms with Gasteiger partial charge >= 0.3 is 0 Å². The molecule has 0 spiro atoms. The first-order valence-electron chi connectivity index (χ1n) is 7.51. The van der Waals surface area contributed by atoms with Crippen molar-refractivity contribution in [2.45, 2.75) is 0 Å². The standard InChI is InChI=1S/C18H15ClN2O4/c19-14-4-2-5-15(10-14)21-17(11-18(20-21)25-12-23)13-3-1-6-16(9-13)24-8-7-22/h1-6,9-12,22H,7-8H2. The molecule has 7 heteroatoms. The molecule has 2 aromatic carbocycles. The number of aliphatic hydroxyl groups is 1. The highest BCUT2D eigenvalue weighted by atomic mass is 35.5. The highest BCUT2D eigenvalue weighted by molar-refractivity contribution is 6.30. The minimum absolute atomic E-state index is 0.0675. The topological polar surface area (TPSA) is 73.6 Å². The minimum Gasteiger partial charge on any atom is -0.491 e. The summed E-state index contributed by atoms with van der Waals surface area (Å²) in [5.41, 5.74) is 2.24. The number of halogens is 1. The van der Waals surface area contributed by atoms with Gasteiger partial charge in [-0.1, -0.05) is 29.8 Å². The van der Waals surface area contributed by atoms with Gasteiger partial charge in [-0.2, -0.15) is 0 Å². The monoisotopic (exact) mass is 358 g/mol. The molecule has 0 amide bonds. The maximum Gasteiger partial charge on any atom is 0.299 e. The van der Waals surface area contributed by atoms with E-state index in [1.165, 1.54) is 0 Å². The van der Waals surface area contributed by atoms with E-state index in [-0.39, 0.29) is 19.1 Å². The second-order valence-electron chi connectivity index (χ2n) is 5.07. The lowest BCUT2D eigenvalue weighted by atomic mass is 10.1. The van der Waals surface area contributed by atoms with Gasteiger partial charge in [-0.15, -0.1) is 5.10 Å². The maximum absolute atomic E-state index is 10.7. The zero-order valence-electron chi connectivity index (χ0n) is 13.1. The van der Waals surface area contributed by atoms with E-state index < -0.39 is 0 Å². The van der Waals surface area contributed by atoms with Crippen molar-refractivity contribution < 1.29 is 19.4 Å². The largest absolute Gasteiger partial charge is 0.491 e. The van der Waals surface area contributed by atoms with Crippen molar-refractivity contribution >= 4 is 18.1 Å². The Morgan fingerprint density at radius 3 is 2.76 bits per heavy atom. The quantitative estimate of drug-likeness (QED) is 0.657. The third-order valence-corrected chi connectivity index (χ3v) is 3.63. The first-order valence-corrected chi connectivity index (χ1v) is 7.89. The first kappa shape index (κ1) is 17.0. The Morgan fingerprint density at radius 1 is 1.16 bits per heavy atom. The smallest absolute Gasteiger partial charge is 0.299 e. The number of carbonyl (C=O) groups excluding carboxylic acids is 1. The molecule has 0 saturated carbocycles. The molecule has 0 aliphatic carbocycles. The number of benzene rings is 2. The van der Waals surface area contributed by atoms with Gasteiger partial charge in [0.25, 0.3) is 6.47 Å². The van der Waals surface area contributed by atoms with Crippen molar-refractivity contribution in [1.29, 1.82) is 0 Å². The van der Waals surface area contributed by atoms with Gasteiger partial charge in [-0.25, -0.2) is 4.68 Å². The fourth-order valence-corrected chi connectivity index (χ4v) is 2.57. The second kappa shape index (κ2) is 7.83. The van der Waals surface area contributed by atoms with E-state index in [0.29, 0.717) is 22.9 Å². The van der Waals surface area contributed by atoms with Gasteiger partial charge in [-0.3, -0.25) is 4.79 Å². The second-order valence-corrected chi connectivity index (χ2v) is 5.51. The van der Waals surface area contributed by atoms with Crippen LogP contribution in [0.1, 0.15) is 0 Å². The van der Waals surface area contributed by atoms with Crippen LogP contribution in [0.5, 0.6) is 11.6 Å².